The minimum Gasteiger partial charge on any atom is -0.481 e. The molecule has 0 bridgehead atoms. The number of amides is 1. The first-order valence-corrected chi connectivity index (χ1v) is 6.46. The van der Waals surface area contributed by atoms with E-state index in [1.54, 1.807) is 6.92 Å². The number of hydrogen-bond donors (Lipinski definition) is 1. The Morgan fingerprint density at radius 2 is 1.82 bits per heavy atom. The number of rotatable bonds is 3. The summed E-state index contributed by atoms with van der Waals surface area (Å²) in [4.78, 5) is 25.1. The van der Waals surface area contributed by atoms with E-state index in [0.29, 0.717) is 31.8 Å². The first-order valence-electron chi connectivity index (χ1n) is 6.46. The van der Waals surface area contributed by atoms with Gasteiger partial charge in [0.25, 0.3) is 0 Å². The monoisotopic (exact) mass is 239 g/mol. The molecule has 0 radical (unpaired) electrons. The van der Waals surface area contributed by atoms with Crippen molar-refractivity contribution in [2.45, 2.75) is 39.5 Å². The molecule has 2 aliphatic rings. The highest BCUT2D eigenvalue weighted by atomic mass is 16.4. The Morgan fingerprint density at radius 1 is 1.29 bits per heavy atom. The van der Waals surface area contributed by atoms with Crippen LogP contribution < -0.4 is 0 Å². The lowest BCUT2D eigenvalue weighted by Gasteiger charge is -2.37. The molecule has 17 heavy (non-hydrogen) atoms. The zero-order valence-electron chi connectivity index (χ0n) is 10.6. The predicted molar refractivity (Wildman–Crippen MR) is 63.4 cm³/mol. The lowest BCUT2D eigenvalue weighted by Crippen LogP contribution is -2.46. The second-order valence-electron chi connectivity index (χ2n) is 5.82. The van der Waals surface area contributed by atoms with E-state index in [1.807, 2.05) is 11.8 Å². The van der Waals surface area contributed by atoms with Gasteiger partial charge in [-0.05, 0) is 38.5 Å². The van der Waals surface area contributed by atoms with Crippen molar-refractivity contribution in [3.05, 3.63) is 0 Å². The summed E-state index contributed by atoms with van der Waals surface area (Å²) in [6.45, 7) is 4.98. The molecule has 1 saturated heterocycles. The van der Waals surface area contributed by atoms with Crippen molar-refractivity contribution in [2.24, 2.45) is 17.3 Å². The van der Waals surface area contributed by atoms with Crippen LogP contribution in [0.5, 0.6) is 0 Å². The minimum atomic E-state index is -0.736. The molecule has 1 atom stereocenters. The number of carbonyl (C=O) groups is 2. The summed E-state index contributed by atoms with van der Waals surface area (Å²) in [7, 11) is 0. The average molecular weight is 239 g/mol. The van der Waals surface area contributed by atoms with Gasteiger partial charge in [-0.3, -0.25) is 9.59 Å². The third-order valence-corrected chi connectivity index (χ3v) is 4.41. The molecule has 1 unspecified atom stereocenters. The summed E-state index contributed by atoms with van der Waals surface area (Å²) >= 11 is 0. The van der Waals surface area contributed by atoms with E-state index in [2.05, 4.69) is 0 Å². The fourth-order valence-corrected chi connectivity index (χ4v) is 2.52. The maximum Gasteiger partial charge on any atom is 0.309 e. The van der Waals surface area contributed by atoms with E-state index in [0.717, 1.165) is 0 Å². The van der Waals surface area contributed by atoms with E-state index in [4.69, 9.17) is 5.11 Å². The molecular weight excluding hydrogens is 218 g/mol. The number of nitrogens with zero attached hydrogens (tertiary/aromatic N) is 1. The Labute approximate surface area is 102 Å². The van der Waals surface area contributed by atoms with Gasteiger partial charge in [-0.1, -0.05) is 6.92 Å². The molecule has 1 heterocycles. The summed E-state index contributed by atoms with van der Waals surface area (Å²) in [6.07, 6.45) is 3.50. The SMILES string of the molecule is CC(C(=O)N1CCC(C)(C(=O)O)CC1)C1CC1. The Hall–Kier alpha value is -1.06. The summed E-state index contributed by atoms with van der Waals surface area (Å²) in [5, 5.41) is 9.13. The van der Waals surface area contributed by atoms with Crippen LogP contribution in [-0.4, -0.2) is 35.0 Å². The fourth-order valence-electron chi connectivity index (χ4n) is 2.52. The number of hydrogen-bond acceptors (Lipinski definition) is 2. The van der Waals surface area contributed by atoms with Gasteiger partial charge in [0.2, 0.25) is 5.91 Å². The Balaban J connectivity index is 1.90. The van der Waals surface area contributed by atoms with Crippen LogP contribution in [-0.2, 0) is 9.59 Å². The van der Waals surface area contributed by atoms with Gasteiger partial charge in [-0.2, -0.15) is 0 Å². The van der Waals surface area contributed by atoms with Crippen LogP contribution in [0, 0.1) is 17.3 Å². The van der Waals surface area contributed by atoms with Gasteiger partial charge in [0.15, 0.2) is 0 Å². The second-order valence-corrected chi connectivity index (χ2v) is 5.82. The normalized spacial score (nSPS) is 25.4. The van der Waals surface area contributed by atoms with Crippen LogP contribution in [0.15, 0.2) is 0 Å². The first-order chi connectivity index (χ1) is 7.94. The first kappa shape index (κ1) is 12.4. The van der Waals surface area contributed by atoms with E-state index in [9.17, 15) is 9.59 Å². The Kier molecular flexibility index (Phi) is 3.15. The maximum absolute atomic E-state index is 12.1. The molecule has 2 rings (SSSR count). The number of aliphatic carboxylic acids is 1. The van der Waals surface area contributed by atoms with Crippen molar-refractivity contribution >= 4 is 11.9 Å². The average Bonchev–Trinajstić information content (AvgIpc) is 3.12. The highest BCUT2D eigenvalue weighted by Gasteiger charge is 2.40. The molecule has 0 aromatic rings. The van der Waals surface area contributed by atoms with Gasteiger partial charge >= 0.3 is 5.97 Å². The lowest BCUT2D eigenvalue weighted by molar-refractivity contribution is -0.153. The number of likely N-dealkylation sites (tertiary alicyclic amines) is 1. The van der Waals surface area contributed by atoms with Gasteiger partial charge in [0.1, 0.15) is 0 Å². The zero-order chi connectivity index (χ0) is 12.6. The molecule has 1 N–H and O–H groups in total. The third-order valence-electron chi connectivity index (χ3n) is 4.41. The molecule has 4 heteroatoms. The summed E-state index contributed by atoms with van der Waals surface area (Å²) in [6, 6.07) is 0. The van der Waals surface area contributed by atoms with Gasteiger partial charge in [-0.15, -0.1) is 0 Å². The van der Waals surface area contributed by atoms with E-state index in [-0.39, 0.29) is 11.8 Å². The highest BCUT2D eigenvalue weighted by molar-refractivity contribution is 5.80. The molecule has 1 amide bonds. The van der Waals surface area contributed by atoms with Crippen molar-refractivity contribution in [3.63, 3.8) is 0 Å². The quantitative estimate of drug-likeness (QED) is 0.816. The van der Waals surface area contributed by atoms with Crippen LogP contribution in [0.3, 0.4) is 0 Å². The number of carboxylic acids is 1. The number of carboxylic acid groups (broad SMARTS) is 1. The third kappa shape index (κ3) is 2.45. The molecule has 1 aliphatic carbocycles. The van der Waals surface area contributed by atoms with Gasteiger partial charge in [0, 0.05) is 19.0 Å². The van der Waals surface area contributed by atoms with E-state index >= 15 is 0 Å². The topological polar surface area (TPSA) is 57.6 Å². The number of piperidine rings is 1. The molecular formula is C13H21NO3. The van der Waals surface area contributed by atoms with Gasteiger partial charge < -0.3 is 10.0 Å². The van der Waals surface area contributed by atoms with Crippen LogP contribution in [0.25, 0.3) is 0 Å². The Morgan fingerprint density at radius 3 is 2.24 bits per heavy atom. The van der Waals surface area contributed by atoms with Crippen LogP contribution >= 0.6 is 0 Å². The molecule has 1 saturated carbocycles. The molecule has 0 aromatic heterocycles. The number of carbonyl (C=O) groups excluding carboxylic acids is 1. The molecule has 0 aromatic carbocycles. The Bertz CT molecular complexity index is 328. The van der Waals surface area contributed by atoms with E-state index < -0.39 is 11.4 Å². The summed E-state index contributed by atoms with van der Waals surface area (Å²) in [5.74, 6) is 0.194. The van der Waals surface area contributed by atoms with Crippen LogP contribution in [0.2, 0.25) is 0 Å². The minimum absolute atomic E-state index is 0.129. The summed E-state index contributed by atoms with van der Waals surface area (Å²) < 4.78 is 0. The molecule has 96 valence electrons. The van der Waals surface area contributed by atoms with Crippen molar-refractivity contribution in [2.75, 3.05) is 13.1 Å². The van der Waals surface area contributed by atoms with E-state index in [1.165, 1.54) is 12.8 Å². The van der Waals surface area contributed by atoms with Crippen molar-refractivity contribution in [3.8, 4) is 0 Å². The highest BCUT2D eigenvalue weighted by Crippen LogP contribution is 2.38. The zero-order valence-corrected chi connectivity index (χ0v) is 10.6. The fraction of sp³-hybridized carbons (Fsp3) is 0.846. The molecule has 4 nitrogen and oxygen atoms in total. The standard InChI is InChI=1S/C13H21NO3/c1-9(10-3-4-10)11(15)14-7-5-13(2,6-8-14)12(16)17/h9-10H,3-8H2,1-2H3,(H,16,17). The van der Waals surface area contributed by atoms with Crippen LogP contribution in [0.4, 0.5) is 0 Å². The summed E-state index contributed by atoms with van der Waals surface area (Å²) in [5.41, 5.74) is -0.639. The van der Waals surface area contributed by atoms with Crippen LogP contribution in [0.1, 0.15) is 39.5 Å². The second kappa shape index (κ2) is 4.31. The molecule has 0 spiro atoms. The van der Waals surface area contributed by atoms with Gasteiger partial charge in [-0.25, -0.2) is 0 Å². The van der Waals surface area contributed by atoms with Crippen molar-refractivity contribution in [1.29, 1.82) is 0 Å². The smallest absolute Gasteiger partial charge is 0.309 e. The predicted octanol–water partition coefficient (Wildman–Crippen LogP) is 1.75. The molecule has 2 fully saturated rings. The maximum atomic E-state index is 12.1. The molecule has 1 aliphatic heterocycles. The largest absolute Gasteiger partial charge is 0.481 e. The van der Waals surface area contributed by atoms with Crippen molar-refractivity contribution in [1.82, 2.24) is 4.90 Å². The van der Waals surface area contributed by atoms with Crippen molar-refractivity contribution < 1.29 is 14.7 Å². The lowest BCUT2D eigenvalue weighted by atomic mass is 9.80. The van der Waals surface area contributed by atoms with Gasteiger partial charge in [0.05, 0.1) is 5.41 Å².